The molecule has 0 aromatic carbocycles. The Morgan fingerprint density at radius 1 is 1.85 bits per heavy atom. The lowest BCUT2D eigenvalue weighted by atomic mass is 10.4. The molecule has 0 bridgehead atoms. The molecular formula is C10H15NO2. The highest BCUT2D eigenvalue weighted by atomic mass is 16.5. The summed E-state index contributed by atoms with van der Waals surface area (Å²) < 4.78 is 4.89. The van der Waals surface area contributed by atoms with E-state index >= 15 is 0 Å². The van der Waals surface area contributed by atoms with Gasteiger partial charge < -0.3 is 4.74 Å². The minimum absolute atomic E-state index is 0.357. The highest BCUT2D eigenvalue weighted by Gasteiger charge is 2.31. The van der Waals surface area contributed by atoms with Gasteiger partial charge in [-0.15, -0.1) is 5.73 Å². The second-order valence-electron chi connectivity index (χ2n) is 3.07. The summed E-state index contributed by atoms with van der Waals surface area (Å²) in [6.07, 6.45) is 2.39. The van der Waals surface area contributed by atoms with E-state index in [0.29, 0.717) is 12.6 Å². The first-order valence-electron chi connectivity index (χ1n) is 4.54. The first kappa shape index (κ1) is 10.0. The first-order valence-corrected chi connectivity index (χ1v) is 4.54. The molecule has 0 N–H and O–H groups in total. The third-order valence-corrected chi connectivity index (χ3v) is 2.14. The van der Waals surface area contributed by atoms with Crippen LogP contribution in [0.25, 0.3) is 0 Å². The van der Waals surface area contributed by atoms with E-state index < -0.39 is 0 Å². The monoisotopic (exact) mass is 181 g/mol. The number of rotatable bonds is 5. The molecule has 3 heteroatoms. The molecule has 0 aliphatic carbocycles. The maximum Gasteiger partial charge on any atom is 0.338 e. The number of nitrogens with zero attached hydrogens (tertiary/aromatic N) is 1. The summed E-state index contributed by atoms with van der Waals surface area (Å²) in [6.45, 7) is 7.91. The van der Waals surface area contributed by atoms with Gasteiger partial charge in [0.2, 0.25) is 0 Å². The fourth-order valence-corrected chi connectivity index (χ4v) is 1.27. The Labute approximate surface area is 78.7 Å². The number of hydrogen-bond donors (Lipinski definition) is 0. The maximum absolute atomic E-state index is 10.8. The normalized spacial score (nSPS) is 24.7. The van der Waals surface area contributed by atoms with Crippen LogP contribution >= 0.6 is 0 Å². The molecule has 0 spiro atoms. The van der Waals surface area contributed by atoms with Gasteiger partial charge in [-0.1, -0.05) is 13.5 Å². The summed E-state index contributed by atoms with van der Waals surface area (Å²) in [4.78, 5) is 13.1. The van der Waals surface area contributed by atoms with Gasteiger partial charge in [0.25, 0.3) is 0 Å². The topological polar surface area (TPSA) is 29.3 Å². The lowest BCUT2D eigenvalue weighted by Gasteiger charge is -2.02. The van der Waals surface area contributed by atoms with Gasteiger partial charge in [-0.3, -0.25) is 4.90 Å². The van der Waals surface area contributed by atoms with Crippen molar-refractivity contribution in [3.05, 3.63) is 18.4 Å². The minimum Gasteiger partial charge on any atom is -0.461 e. The number of ether oxygens (including phenoxy) is 1. The van der Waals surface area contributed by atoms with Crippen LogP contribution in [0, 0.1) is 0 Å². The zero-order valence-electron chi connectivity index (χ0n) is 7.95. The van der Waals surface area contributed by atoms with Crippen LogP contribution in [0.1, 0.15) is 13.3 Å². The molecule has 0 aromatic rings. The lowest BCUT2D eigenvalue weighted by molar-refractivity contribution is -0.137. The van der Waals surface area contributed by atoms with E-state index in [2.05, 4.69) is 24.1 Å². The van der Waals surface area contributed by atoms with Gasteiger partial charge in [0.05, 0.1) is 6.08 Å². The molecule has 0 radical (unpaired) electrons. The van der Waals surface area contributed by atoms with Crippen molar-refractivity contribution in [1.82, 2.24) is 4.90 Å². The van der Waals surface area contributed by atoms with Crippen LogP contribution in [0.2, 0.25) is 0 Å². The van der Waals surface area contributed by atoms with Gasteiger partial charge in [0, 0.05) is 19.1 Å². The molecule has 2 unspecified atom stereocenters. The van der Waals surface area contributed by atoms with Crippen molar-refractivity contribution in [3.8, 4) is 0 Å². The van der Waals surface area contributed by atoms with Gasteiger partial charge in [0.1, 0.15) is 6.61 Å². The largest absolute Gasteiger partial charge is 0.461 e. The summed E-state index contributed by atoms with van der Waals surface area (Å²) in [5.74, 6) is -0.357. The van der Waals surface area contributed by atoms with E-state index in [4.69, 9.17) is 4.74 Å². The molecule has 1 aliphatic heterocycles. The Morgan fingerprint density at radius 3 is 3.15 bits per heavy atom. The van der Waals surface area contributed by atoms with Crippen molar-refractivity contribution in [3.63, 3.8) is 0 Å². The molecule has 0 amide bonds. The fraction of sp³-hybridized carbons (Fsp3) is 0.600. The van der Waals surface area contributed by atoms with Crippen molar-refractivity contribution in [2.75, 3.05) is 19.7 Å². The Hall–Kier alpha value is -1.05. The fourth-order valence-electron chi connectivity index (χ4n) is 1.27. The van der Waals surface area contributed by atoms with E-state index in [1.165, 1.54) is 12.5 Å². The molecule has 3 nitrogen and oxygen atoms in total. The molecule has 0 aromatic heterocycles. The third kappa shape index (κ3) is 3.45. The lowest BCUT2D eigenvalue weighted by Crippen LogP contribution is -2.13. The van der Waals surface area contributed by atoms with Crippen LogP contribution in [-0.2, 0) is 9.53 Å². The summed E-state index contributed by atoms with van der Waals surface area (Å²) >= 11 is 0. The van der Waals surface area contributed by atoms with Crippen molar-refractivity contribution in [1.29, 1.82) is 0 Å². The number of hydrogen-bond acceptors (Lipinski definition) is 3. The number of esters is 1. The second-order valence-corrected chi connectivity index (χ2v) is 3.07. The van der Waals surface area contributed by atoms with E-state index in [1.54, 1.807) is 0 Å². The molecule has 2 atom stereocenters. The zero-order valence-corrected chi connectivity index (χ0v) is 7.95. The van der Waals surface area contributed by atoms with Gasteiger partial charge in [-0.2, -0.15) is 0 Å². The molecule has 0 saturated carbocycles. The van der Waals surface area contributed by atoms with Crippen molar-refractivity contribution >= 4 is 5.97 Å². The van der Waals surface area contributed by atoms with Crippen LogP contribution in [-0.4, -0.2) is 36.6 Å². The average molecular weight is 181 g/mol. The molecule has 13 heavy (non-hydrogen) atoms. The summed E-state index contributed by atoms with van der Waals surface area (Å²) in [5.41, 5.74) is 2.38. The van der Waals surface area contributed by atoms with Crippen molar-refractivity contribution in [2.24, 2.45) is 0 Å². The van der Waals surface area contributed by atoms with Gasteiger partial charge >= 0.3 is 5.97 Å². The van der Waals surface area contributed by atoms with Gasteiger partial charge in [-0.25, -0.2) is 4.79 Å². The van der Waals surface area contributed by atoms with Crippen LogP contribution in [0.5, 0.6) is 0 Å². The van der Waals surface area contributed by atoms with Gasteiger partial charge in [-0.05, 0) is 6.42 Å². The summed E-state index contributed by atoms with van der Waals surface area (Å²) in [5, 5.41) is 0. The van der Waals surface area contributed by atoms with E-state index in [0.717, 1.165) is 13.1 Å². The summed E-state index contributed by atoms with van der Waals surface area (Å²) in [7, 11) is 0. The van der Waals surface area contributed by atoms with E-state index in [1.807, 2.05) is 0 Å². The maximum atomic E-state index is 10.8. The predicted molar refractivity (Wildman–Crippen MR) is 50.3 cm³/mol. The van der Waals surface area contributed by atoms with Crippen LogP contribution in [0.15, 0.2) is 18.4 Å². The molecule has 1 rings (SSSR count). The van der Waals surface area contributed by atoms with Crippen LogP contribution in [0.4, 0.5) is 0 Å². The smallest absolute Gasteiger partial charge is 0.338 e. The molecule has 1 aliphatic rings. The minimum atomic E-state index is -0.357. The highest BCUT2D eigenvalue weighted by molar-refractivity contribution is 5.81. The second kappa shape index (κ2) is 4.85. The number of carbonyl (C=O) groups is 1. The Balaban J connectivity index is 2.02. The van der Waals surface area contributed by atoms with E-state index in [9.17, 15) is 4.79 Å². The SMILES string of the molecule is C=C=CC(=O)OCCN1CC1CC. The van der Waals surface area contributed by atoms with Gasteiger partial charge in [0.15, 0.2) is 0 Å². The van der Waals surface area contributed by atoms with Crippen molar-refractivity contribution in [2.45, 2.75) is 19.4 Å². The van der Waals surface area contributed by atoms with Crippen LogP contribution < -0.4 is 0 Å². The van der Waals surface area contributed by atoms with Crippen molar-refractivity contribution < 1.29 is 9.53 Å². The molecule has 1 fully saturated rings. The summed E-state index contributed by atoms with van der Waals surface area (Å²) in [6, 6.07) is 0.716. The molecule has 72 valence electrons. The Kier molecular flexibility index (Phi) is 3.74. The molecule has 1 saturated heterocycles. The van der Waals surface area contributed by atoms with Crippen LogP contribution in [0.3, 0.4) is 0 Å². The Bertz CT molecular complexity index is 231. The molecular weight excluding hydrogens is 166 g/mol. The standard InChI is InChI=1S/C10H15NO2/c1-3-5-10(12)13-7-6-11-8-9(11)4-2/h5,9H,1,4,6-8H2,2H3. The quantitative estimate of drug-likeness (QED) is 0.274. The highest BCUT2D eigenvalue weighted by Crippen LogP contribution is 2.18. The molecule has 1 heterocycles. The first-order chi connectivity index (χ1) is 6.27. The number of carbonyl (C=O) groups excluding carboxylic acids is 1. The average Bonchev–Trinajstić information content (AvgIpc) is 2.84. The predicted octanol–water partition coefficient (Wildman–Crippen LogP) is 0.965. The third-order valence-electron chi connectivity index (χ3n) is 2.14. The Morgan fingerprint density at radius 2 is 2.62 bits per heavy atom. The van der Waals surface area contributed by atoms with E-state index in [-0.39, 0.29) is 5.97 Å². The zero-order chi connectivity index (χ0) is 9.68.